The van der Waals surface area contributed by atoms with E-state index < -0.39 is 0 Å². The van der Waals surface area contributed by atoms with E-state index in [1.54, 1.807) is 0 Å². The maximum atomic E-state index is 12.5. The van der Waals surface area contributed by atoms with Gasteiger partial charge in [-0.15, -0.1) is 5.10 Å². The molecule has 2 N–H and O–H groups in total. The van der Waals surface area contributed by atoms with E-state index >= 15 is 0 Å². The molecule has 0 spiro atoms. The molecule has 6 nitrogen and oxygen atoms in total. The van der Waals surface area contributed by atoms with Crippen LogP contribution in [-0.2, 0) is 11.2 Å². The Bertz CT molecular complexity index is 568. The lowest BCUT2D eigenvalue weighted by atomic mass is 9.77. The lowest BCUT2D eigenvalue weighted by molar-refractivity contribution is -0.135. The van der Waals surface area contributed by atoms with Crippen LogP contribution in [0.4, 0.5) is 0 Å². The second-order valence-electron chi connectivity index (χ2n) is 6.61. The summed E-state index contributed by atoms with van der Waals surface area (Å²) in [7, 11) is 0. The number of nitrogens with one attached hydrogen (secondary N) is 1. The van der Waals surface area contributed by atoms with Gasteiger partial charge in [-0.05, 0) is 44.7 Å². The molecule has 2 rings (SSSR count). The van der Waals surface area contributed by atoms with Gasteiger partial charge in [-0.1, -0.05) is 11.6 Å². The molecule has 0 aliphatic carbocycles. The Morgan fingerprint density at radius 2 is 2.30 bits per heavy atom. The quantitative estimate of drug-likeness (QED) is 0.779. The highest BCUT2D eigenvalue weighted by Crippen LogP contribution is 2.34. The van der Waals surface area contributed by atoms with E-state index in [1.807, 2.05) is 4.90 Å². The fraction of sp³-hybridized carbons (Fsp3) is 0.688. The minimum Gasteiger partial charge on any atom is -0.396 e. The molecule has 0 aromatic carbocycles. The number of carbonyl (C=O) groups is 1. The Balaban J connectivity index is 1.93. The summed E-state index contributed by atoms with van der Waals surface area (Å²) in [6.07, 6.45) is 5.71. The lowest BCUT2D eigenvalue weighted by Gasteiger charge is -2.41. The van der Waals surface area contributed by atoms with E-state index in [1.165, 1.54) is 5.57 Å². The summed E-state index contributed by atoms with van der Waals surface area (Å²) in [6, 6.07) is 0. The second kappa shape index (κ2) is 7.93. The van der Waals surface area contributed by atoms with Crippen molar-refractivity contribution in [3.05, 3.63) is 22.8 Å². The third-order valence-corrected chi connectivity index (χ3v) is 4.54. The van der Waals surface area contributed by atoms with Crippen LogP contribution in [0, 0.1) is 5.41 Å². The number of carbonyl (C=O) groups excluding carboxylic acids is 1. The Morgan fingerprint density at radius 1 is 1.52 bits per heavy atom. The van der Waals surface area contributed by atoms with Crippen molar-refractivity contribution in [1.82, 2.24) is 20.1 Å². The number of hydrogen-bond donors (Lipinski definition) is 2. The highest BCUT2D eigenvalue weighted by molar-refractivity contribution is 6.28. The highest BCUT2D eigenvalue weighted by atomic mass is 35.5. The van der Waals surface area contributed by atoms with Gasteiger partial charge in [0.2, 0.25) is 11.2 Å². The third-order valence-electron chi connectivity index (χ3n) is 4.37. The predicted molar refractivity (Wildman–Crippen MR) is 89.1 cm³/mol. The van der Waals surface area contributed by atoms with E-state index in [0.29, 0.717) is 25.2 Å². The lowest BCUT2D eigenvalue weighted by Crippen LogP contribution is -2.47. The third kappa shape index (κ3) is 5.04. The SMILES string of the molecule is CC(C)=CCC1(CO)CCCN(C(=O)CCc2nc(Cl)n[nH]2)C1. The number of hydrogen-bond acceptors (Lipinski definition) is 4. The summed E-state index contributed by atoms with van der Waals surface area (Å²) in [5, 5.41) is 16.5. The molecular formula is C16H25ClN4O2. The number of rotatable bonds is 6. The highest BCUT2D eigenvalue weighted by Gasteiger charge is 2.35. The van der Waals surface area contributed by atoms with Crippen LogP contribution in [-0.4, -0.2) is 50.8 Å². The standard InChI is InChI=1S/C16H25ClN4O2/c1-12(2)6-8-16(11-22)7-3-9-21(10-16)14(23)5-4-13-18-15(17)20-19-13/h6,22H,3-5,7-11H2,1-2H3,(H,18,19,20). The largest absolute Gasteiger partial charge is 0.396 e. The Labute approximate surface area is 141 Å². The molecule has 0 radical (unpaired) electrons. The van der Waals surface area contributed by atoms with Crippen LogP contribution in [0.15, 0.2) is 11.6 Å². The molecule has 1 aromatic heterocycles. The number of aromatic nitrogens is 3. The zero-order chi connectivity index (χ0) is 16.9. The van der Waals surface area contributed by atoms with Crippen LogP contribution in [0.2, 0.25) is 5.28 Å². The van der Waals surface area contributed by atoms with Gasteiger partial charge in [-0.25, -0.2) is 4.98 Å². The maximum Gasteiger partial charge on any atom is 0.242 e. The van der Waals surface area contributed by atoms with Crippen molar-refractivity contribution >= 4 is 17.5 Å². The molecule has 1 atom stereocenters. The molecule has 1 aliphatic rings. The number of piperidine rings is 1. The number of halogens is 1. The maximum absolute atomic E-state index is 12.5. The molecule has 0 bridgehead atoms. The molecule has 1 aromatic rings. The monoisotopic (exact) mass is 340 g/mol. The average molecular weight is 341 g/mol. The van der Waals surface area contributed by atoms with Crippen molar-refractivity contribution in [3.8, 4) is 0 Å². The van der Waals surface area contributed by atoms with Gasteiger partial charge in [-0.3, -0.25) is 9.89 Å². The number of likely N-dealkylation sites (tertiary alicyclic amines) is 1. The van der Waals surface area contributed by atoms with Gasteiger partial charge < -0.3 is 10.0 Å². The molecule has 1 saturated heterocycles. The van der Waals surface area contributed by atoms with Crippen LogP contribution in [0.5, 0.6) is 0 Å². The summed E-state index contributed by atoms with van der Waals surface area (Å²) in [6.45, 7) is 5.59. The zero-order valence-corrected chi connectivity index (χ0v) is 14.6. The fourth-order valence-electron chi connectivity index (χ4n) is 2.97. The molecule has 1 aliphatic heterocycles. The summed E-state index contributed by atoms with van der Waals surface area (Å²) >= 11 is 5.66. The Kier molecular flexibility index (Phi) is 6.18. The topological polar surface area (TPSA) is 82.1 Å². The van der Waals surface area contributed by atoms with Crippen molar-refractivity contribution in [2.24, 2.45) is 5.41 Å². The van der Waals surface area contributed by atoms with Crippen LogP contribution in [0.3, 0.4) is 0 Å². The van der Waals surface area contributed by atoms with Gasteiger partial charge in [0.1, 0.15) is 5.82 Å². The van der Waals surface area contributed by atoms with Crippen LogP contribution in [0.25, 0.3) is 0 Å². The van der Waals surface area contributed by atoms with Gasteiger partial charge in [0.25, 0.3) is 0 Å². The predicted octanol–water partition coefficient (Wildman–Crippen LogP) is 2.35. The first-order valence-electron chi connectivity index (χ1n) is 8.03. The molecule has 23 heavy (non-hydrogen) atoms. The molecular weight excluding hydrogens is 316 g/mol. The number of aryl methyl sites for hydroxylation is 1. The molecule has 0 saturated carbocycles. The van der Waals surface area contributed by atoms with E-state index in [9.17, 15) is 9.90 Å². The van der Waals surface area contributed by atoms with Crippen molar-refractivity contribution < 1.29 is 9.90 Å². The van der Waals surface area contributed by atoms with E-state index in [2.05, 4.69) is 35.1 Å². The van der Waals surface area contributed by atoms with Crippen LogP contribution < -0.4 is 0 Å². The van der Waals surface area contributed by atoms with Crippen molar-refractivity contribution in [2.45, 2.75) is 46.0 Å². The molecule has 1 amide bonds. The smallest absolute Gasteiger partial charge is 0.242 e. The van der Waals surface area contributed by atoms with Gasteiger partial charge in [-0.2, -0.15) is 0 Å². The first-order valence-corrected chi connectivity index (χ1v) is 8.41. The summed E-state index contributed by atoms with van der Waals surface area (Å²) in [5.74, 6) is 0.713. The minimum atomic E-state index is -0.208. The van der Waals surface area contributed by atoms with Crippen molar-refractivity contribution in [3.63, 3.8) is 0 Å². The summed E-state index contributed by atoms with van der Waals surface area (Å²) in [5.41, 5.74) is 1.03. The van der Waals surface area contributed by atoms with Crippen LogP contribution >= 0.6 is 11.6 Å². The Morgan fingerprint density at radius 3 is 2.91 bits per heavy atom. The number of aliphatic hydroxyl groups is 1. The number of amides is 1. The van der Waals surface area contributed by atoms with Gasteiger partial charge in [0.05, 0.1) is 6.61 Å². The number of aromatic amines is 1. The van der Waals surface area contributed by atoms with Gasteiger partial charge in [0.15, 0.2) is 0 Å². The molecule has 1 fully saturated rings. The van der Waals surface area contributed by atoms with Crippen molar-refractivity contribution in [2.75, 3.05) is 19.7 Å². The first-order chi connectivity index (χ1) is 10.9. The minimum absolute atomic E-state index is 0.0900. The fourth-order valence-corrected chi connectivity index (χ4v) is 3.11. The van der Waals surface area contributed by atoms with Crippen molar-refractivity contribution in [1.29, 1.82) is 0 Å². The summed E-state index contributed by atoms with van der Waals surface area (Å²) < 4.78 is 0. The zero-order valence-electron chi connectivity index (χ0n) is 13.8. The summed E-state index contributed by atoms with van der Waals surface area (Å²) in [4.78, 5) is 18.3. The van der Waals surface area contributed by atoms with E-state index in [4.69, 9.17) is 11.6 Å². The average Bonchev–Trinajstić information content (AvgIpc) is 2.96. The Hall–Kier alpha value is -1.40. The second-order valence-corrected chi connectivity index (χ2v) is 6.95. The van der Waals surface area contributed by atoms with Gasteiger partial charge in [0, 0.05) is 31.3 Å². The normalized spacial score (nSPS) is 21.3. The first kappa shape index (κ1) is 17.9. The van der Waals surface area contributed by atoms with Crippen LogP contribution in [0.1, 0.15) is 45.4 Å². The van der Waals surface area contributed by atoms with Gasteiger partial charge >= 0.3 is 0 Å². The molecule has 2 heterocycles. The molecule has 7 heteroatoms. The number of aliphatic hydroxyl groups excluding tert-OH is 1. The number of nitrogens with zero attached hydrogens (tertiary/aromatic N) is 3. The number of allylic oxidation sites excluding steroid dienone is 2. The molecule has 128 valence electrons. The molecule has 1 unspecified atom stereocenters. The van der Waals surface area contributed by atoms with E-state index in [-0.39, 0.29) is 23.2 Å². The van der Waals surface area contributed by atoms with E-state index in [0.717, 1.165) is 25.8 Å². The number of H-pyrrole nitrogens is 1.